The van der Waals surface area contributed by atoms with Crippen molar-refractivity contribution in [1.82, 2.24) is 5.32 Å². The predicted octanol–water partition coefficient (Wildman–Crippen LogP) is 2.93. The molecule has 0 fully saturated rings. The average Bonchev–Trinajstić information content (AvgIpc) is 2.61. The van der Waals surface area contributed by atoms with Gasteiger partial charge in [0.15, 0.2) is 5.96 Å². The Labute approximate surface area is 140 Å². The number of benzene rings is 2. The van der Waals surface area contributed by atoms with E-state index in [1.165, 1.54) is 12.1 Å². The number of aliphatic imine (C=N–C) groups is 1. The van der Waals surface area contributed by atoms with Gasteiger partial charge in [0.05, 0.1) is 26.3 Å². The van der Waals surface area contributed by atoms with E-state index in [0.29, 0.717) is 12.4 Å². The van der Waals surface area contributed by atoms with E-state index in [4.69, 9.17) is 15.2 Å². The van der Waals surface area contributed by atoms with Gasteiger partial charge in [-0.3, -0.25) is 0 Å². The lowest BCUT2D eigenvalue weighted by Gasteiger charge is -2.29. The number of methoxy groups -OCH3 is 2. The van der Waals surface area contributed by atoms with Gasteiger partial charge >= 0.3 is 0 Å². The van der Waals surface area contributed by atoms with Crippen LogP contribution >= 0.6 is 0 Å². The van der Waals surface area contributed by atoms with Gasteiger partial charge in [-0.15, -0.1) is 0 Å². The van der Waals surface area contributed by atoms with Crippen molar-refractivity contribution in [2.45, 2.75) is 18.5 Å². The van der Waals surface area contributed by atoms with Gasteiger partial charge in [-0.25, -0.2) is 9.38 Å². The molecule has 0 saturated heterocycles. The molecule has 6 heteroatoms. The maximum Gasteiger partial charge on any atom is 0.189 e. The number of nitrogens with two attached hydrogens (primary N) is 1. The molecule has 5 nitrogen and oxygen atoms in total. The zero-order valence-corrected chi connectivity index (χ0v) is 13.6. The highest BCUT2D eigenvalue weighted by Crippen LogP contribution is 2.37. The number of hydrogen-bond donors (Lipinski definition) is 2. The Balaban J connectivity index is 1.90. The Kier molecular flexibility index (Phi) is 4.55. The highest BCUT2D eigenvalue weighted by molar-refractivity contribution is 5.79. The Bertz CT molecular complexity index is 746. The largest absolute Gasteiger partial charge is 0.497 e. The zero-order chi connectivity index (χ0) is 17.1. The van der Waals surface area contributed by atoms with E-state index in [1.54, 1.807) is 26.4 Å². The molecule has 2 unspecified atom stereocenters. The van der Waals surface area contributed by atoms with Gasteiger partial charge in [0.25, 0.3) is 0 Å². The first kappa shape index (κ1) is 16.1. The number of halogens is 1. The number of nitrogens with one attached hydrogen (secondary N) is 1. The second-order valence-electron chi connectivity index (χ2n) is 5.62. The number of guanidine groups is 1. The summed E-state index contributed by atoms with van der Waals surface area (Å²) >= 11 is 0. The molecule has 1 aliphatic heterocycles. The van der Waals surface area contributed by atoms with Crippen LogP contribution in [-0.2, 0) is 0 Å². The van der Waals surface area contributed by atoms with Crippen molar-refractivity contribution in [2.24, 2.45) is 10.7 Å². The van der Waals surface area contributed by atoms with Crippen LogP contribution in [0.2, 0.25) is 0 Å². The van der Waals surface area contributed by atoms with Crippen molar-refractivity contribution < 1.29 is 13.9 Å². The van der Waals surface area contributed by atoms with Crippen LogP contribution in [0, 0.1) is 5.82 Å². The molecule has 2 aromatic rings. The molecule has 0 bridgehead atoms. The maximum absolute atomic E-state index is 13.1. The van der Waals surface area contributed by atoms with Crippen molar-refractivity contribution >= 4 is 5.96 Å². The predicted molar refractivity (Wildman–Crippen MR) is 90.8 cm³/mol. The third-order valence-corrected chi connectivity index (χ3v) is 4.15. The number of hydrogen-bond acceptors (Lipinski definition) is 5. The molecule has 3 N–H and O–H groups in total. The second kappa shape index (κ2) is 6.78. The van der Waals surface area contributed by atoms with Crippen LogP contribution in [0.1, 0.15) is 29.6 Å². The van der Waals surface area contributed by atoms with Crippen molar-refractivity contribution in [1.29, 1.82) is 0 Å². The number of ether oxygens (including phenoxy) is 2. The SMILES string of the molecule is COc1ccc(C2CC(c3ccc(F)cc3)N=C(N)N2)c(OC)c1. The van der Waals surface area contributed by atoms with Crippen molar-refractivity contribution in [3.8, 4) is 11.5 Å². The lowest BCUT2D eigenvalue weighted by molar-refractivity contribution is 0.381. The smallest absolute Gasteiger partial charge is 0.189 e. The second-order valence-corrected chi connectivity index (χ2v) is 5.62. The molecular weight excluding hydrogens is 309 g/mol. The first-order valence-corrected chi connectivity index (χ1v) is 7.68. The van der Waals surface area contributed by atoms with E-state index in [-0.39, 0.29) is 17.9 Å². The van der Waals surface area contributed by atoms with Gasteiger partial charge in [-0.05, 0) is 36.2 Å². The lowest BCUT2D eigenvalue weighted by atomic mass is 9.93. The quantitative estimate of drug-likeness (QED) is 0.905. The molecule has 126 valence electrons. The molecule has 2 atom stereocenters. The first-order chi connectivity index (χ1) is 11.6. The summed E-state index contributed by atoms with van der Waals surface area (Å²) in [6, 6.07) is 11.8. The van der Waals surface area contributed by atoms with E-state index >= 15 is 0 Å². The lowest BCUT2D eigenvalue weighted by Crippen LogP contribution is -2.39. The Morgan fingerprint density at radius 2 is 1.88 bits per heavy atom. The first-order valence-electron chi connectivity index (χ1n) is 7.68. The fraction of sp³-hybridized carbons (Fsp3) is 0.278. The van der Waals surface area contributed by atoms with Crippen molar-refractivity contribution in [3.63, 3.8) is 0 Å². The number of rotatable bonds is 4. The number of nitrogens with zero attached hydrogens (tertiary/aromatic N) is 1. The normalized spacial score (nSPS) is 20.0. The minimum absolute atomic E-state index is 0.0570. The van der Waals surface area contributed by atoms with Gasteiger partial charge in [0.2, 0.25) is 0 Å². The van der Waals surface area contributed by atoms with Crippen LogP contribution < -0.4 is 20.5 Å². The highest BCUT2D eigenvalue weighted by Gasteiger charge is 2.26. The van der Waals surface area contributed by atoms with Gasteiger partial charge < -0.3 is 20.5 Å². The summed E-state index contributed by atoms with van der Waals surface area (Å²) in [7, 11) is 3.23. The molecule has 0 aliphatic carbocycles. The van der Waals surface area contributed by atoms with Gasteiger partial charge in [-0.2, -0.15) is 0 Å². The third-order valence-electron chi connectivity index (χ3n) is 4.15. The zero-order valence-electron chi connectivity index (χ0n) is 13.6. The van der Waals surface area contributed by atoms with Gasteiger partial charge in [-0.1, -0.05) is 12.1 Å². The van der Waals surface area contributed by atoms with Crippen molar-refractivity contribution in [3.05, 3.63) is 59.4 Å². The average molecular weight is 329 g/mol. The van der Waals surface area contributed by atoms with E-state index in [0.717, 1.165) is 22.6 Å². The monoisotopic (exact) mass is 329 g/mol. The molecule has 1 heterocycles. The van der Waals surface area contributed by atoms with Crippen LogP contribution in [-0.4, -0.2) is 20.2 Å². The minimum atomic E-state index is -0.266. The topological polar surface area (TPSA) is 68.9 Å². The summed E-state index contributed by atoms with van der Waals surface area (Å²) < 4.78 is 23.9. The molecule has 24 heavy (non-hydrogen) atoms. The fourth-order valence-corrected chi connectivity index (χ4v) is 2.93. The molecule has 2 aromatic carbocycles. The summed E-state index contributed by atoms with van der Waals surface area (Å²) in [6.45, 7) is 0. The van der Waals surface area contributed by atoms with Crippen LogP contribution in [0.5, 0.6) is 11.5 Å². The van der Waals surface area contributed by atoms with E-state index in [9.17, 15) is 4.39 Å². The Hall–Kier alpha value is -2.76. The molecule has 1 aliphatic rings. The van der Waals surface area contributed by atoms with E-state index in [1.807, 2.05) is 18.2 Å². The summed E-state index contributed by atoms with van der Waals surface area (Å²) in [5.74, 6) is 1.54. The van der Waals surface area contributed by atoms with Crippen molar-refractivity contribution in [2.75, 3.05) is 14.2 Å². The van der Waals surface area contributed by atoms with E-state index < -0.39 is 0 Å². The fourth-order valence-electron chi connectivity index (χ4n) is 2.93. The third kappa shape index (κ3) is 3.27. The molecule has 0 amide bonds. The summed E-state index contributed by atoms with van der Waals surface area (Å²) in [6.07, 6.45) is 0.690. The molecule has 0 aromatic heterocycles. The molecular formula is C18H20FN3O2. The highest BCUT2D eigenvalue weighted by atomic mass is 19.1. The van der Waals surface area contributed by atoms with Crippen LogP contribution in [0.25, 0.3) is 0 Å². The minimum Gasteiger partial charge on any atom is -0.497 e. The molecule has 0 spiro atoms. The summed E-state index contributed by atoms with van der Waals surface area (Å²) in [5, 5.41) is 3.19. The van der Waals surface area contributed by atoms with Gasteiger partial charge in [0.1, 0.15) is 17.3 Å². The van der Waals surface area contributed by atoms with Crippen LogP contribution in [0.3, 0.4) is 0 Å². The molecule has 0 radical (unpaired) electrons. The standard InChI is InChI=1S/C18H20FN3O2/c1-23-13-7-8-14(17(9-13)24-2)16-10-15(21-18(20)22-16)11-3-5-12(19)6-4-11/h3-9,15-16H,10H2,1-2H3,(H3,20,21,22). The van der Waals surface area contributed by atoms with Crippen LogP contribution in [0.4, 0.5) is 4.39 Å². The molecule has 0 saturated carbocycles. The van der Waals surface area contributed by atoms with E-state index in [2.05, 4.69) is 10.3 Å². The maximum atomic E-state index is 13.1. The molecule has 3 rings (SSSR count). The Morgan fingerprint density at radius 1 is 1.12 bits per heavy atom. The summed E-state index contributed by atoms with van der Waals surface area (Å²) in [4.78, 5) is 4.44. The van der Waals surface area contributed by atoms with Gasteiger partial charge in [0, 0.05) is 11.6 Å². The Morgan fingerprint density at radius 3 is 2.54 bits per heavy atom. The summed E-state index contributed by atoms with van der Waals surface area (Å²) in [5.41, 5.74) is 7.87. The van der Waals surface area contributed by atoms with Crippen LogP contribution in [0.15, 0.2) is 47.5 Å².